The van der Waals surface area contributed by atoms with Gasteiger partial charge < -0.3 is 14.6 Å². The Hall–Kier alpha value is -2.01. The summed E-state index contributed by atoms with van der Waals surface area (Å²) >= 11 is 5.87. The van der Waals surface area contributed by atoms with Crippen LogP contribution in [-0.4, -0.2) is 24.2 Å². The van der Waals surface area contributed by atoms with Crippen molar-refractivity contribution < 1.29 is 14.1 Å². The second kappa shape index (κ2) is 7.31. The van der Waals surface area contributed by atoms with Crippen LogP contribution in [-0.2, 0) is 0 Å². The molecule has 0 aliphatic heterocycles. The van der Waals surface area contributed by atoms with Crippen molar-refractivity contribution in [3.63, 3.8) is 0 Å². The lowest BCUT2D eigenvalue weighted by Crippen LogP contribution is -2.29. The van der Waals surface area contributed by atoms with Crippen LogP contribution in [0, 0.1) is 6.92 Å². The summed E-state index contributed by atoms with van der Waals surface area (Å²) in [6.07, 6.45) is 0. The van der Waals surface area contributed by atoms with Crippen LogP contribution in [0.2, 0.25) is 5.02 Å². The van der Waals surface area contributed by atoms with Gasteiger partial charge in [-0.3, -0.25) is 4.79 Å². The number of amides is 1. The first-order chi connectivity index (χ1) is 10.5. The van der Waals surface area contributed by atoms with E-state index in [-0.39, 0.29) is 11.8 Å². The van der Waals surface area contributed by atoms with Crippen molar-refractivity contribution in [2.75, 3.05) is 13.2 Å². The van der Waals surface area contributed by atoms with Gasteiger partial charge in [-0.1, -0.05) is 36.7 Å². The van der Waals surface area contributed by atoms with Crippen molar-refractivity contribution in [3.05, 3.63) is 46.3 Å². The first-order valence-corrected chi connectivity index (χ1v) is 7.49. The van der Waals surface area contributed by atoms with Crippen LogP contribution < -0.4 is 10.1 Å². The van der Waals surface area contributed by atoms with E-state index in [0.29, 0.717) is 40.9 Å². The van der Waals surface area contributed by atoms with Gasteiger partial charge in [0.25, 0.3) is 5.91 Å². The SMILES string of the molecule is Cc1noc(C(C)C)c1C(=O)NCCOc1cccc(Cl)c1. The fourth-order valence-corrected chi connectivity index (χ4v) is 2.22. The predicted octanol–water partition coefficient (Wildman–Crippen LogP) is 3.57. The molecule has 0 saturated heterocycles. The summed E-state index contributed by atoms with van der Waals surface area (Å²) in [5, 5.41) is 7.29. The summed E-state index contributed by atoms with van der Waals surface area (Å²) < 4.78 is 10.7. The van der Waals surface area contributed by atoms with Gasteiger partial charge in [-0.2, -0.15) is 0 Å². The van der Waals surface area contributed by atoms with Crippen LogP contribution in [0.3, 0.4) is 0 Å². The summed E-state index contributed by atoms with van der Waals surface area (Å²) in [5.74, 6) is 1.18. The van der Waals surface area contributed by atoms with Gasteiger partial charge >= 0.3 is 0 Å². The highest BCUT2D eigenvalue weighted by Crippen LogP contribution is 2.22. The molecule has 0 spiro atoms. The third-order valence-electron chi connectivity index (χ3n) is 3.09. The molecule has 1 aromatic heterocycles. The zero-order chi connectivity index (χ0) is 16.1. The molecular weight excluding hydrogens is 304 g/mol. The Morgan fingerprint density at radius 3 is 2.91 bits per heavy atom. The molecule has 0 aliphatic carbocycles. The average Bonchev–Trinajstić information content (AvgIpc) is 2.85. The van der Waals surface area contributed by atoms with E-state index in [1.165, 1.54) is 0 Å². The minimum atomic E-state index is -0.197. The van der Waals surface area contributed by atoms with Gasteiger partial charge in [-0.25, -0.2) is 0 Å². The van der Waals surface area contributed by atoms with Crippen LogP contribution in [0.15, 0.2) is 28.8 Å². The predicted molar refractivity (Wildman–Crippen MR) is 84.6 cm³/mol. The van der Waals surface area contributed by atoms with Crippen molar-refractivity contribution in [2.45, 2.75) is 26.7 Å². The normalized spacial score (nSPS) is 10.8. The Kier molecular flexibility index (Phi) is 5.44. The highest BCUT2D eigenvalue weighted by atomic mass is 35.5. The molecule has 0 radical (unpaired) electrons. The molecule has 1 heterocycles. The Balaban J connectivity index is 1.87. The molecule has 5 nitrogen and oxygen atoms in total. The number of carbonyl (C=O) groups excluding carboxylic acids is 1. The highest BCUT2D eigenvalue weighted by molar-refractivity contribution is 6.30. The molecule has 2 rings (SSSR count). The van der Waals surface area contributed by atoms with E-state index >= 15 is 0 Å². The minimum Gasteiger partial charge on any atom is -0.492 e. The molecule has 118 valence electrons. The molecule has 0 fully saturated rings. The number of carbonyl (C=O) groups is 1. The molecule has 0 bridgehead atoms. The first-order valence-electron chi connectivity index (χ1n) is 7.11. The second-order valence-corrected chi connectivity index (χ2v) is 5.66. The van der Waals surface area contributed by atoms with Crippen LogP contribution >= 0.6 is 11.6 Å². The van der Waals surface area contributed by atoms with Crippen molar-refractivity contribution in [1.82, 2.24) is 10.5 Å². The van der Waals surface area contributed by atoms with Gasteiger partial charge in [0.1, 0.15) is 17.9 Å². The Morgan fingerprint density at radius 2 is 2.23 bits per heavy atom. The molecule has 2 aromatic rings. The minimum absolute atomic E-state index is 0.102. The van der Waals surface area contributed by atoms with Crippen molar-refractivity contribution in [1.29, 1.82) is 0 Å². The highest BCUT2D eigenvalue weighted by Gasteiger charge is 2.22. The molecule has 0 saturated carbocycles. The van der Waals surface area contributed by atoms with Crippen molar-refractivity contribution in [2.24, 2.45) is 0 Å². The standard InChI is InChI=1S/C16H19ClN2O3/c1-10(2)15-14(11(3)19-22-15)16(20)18-7-8-21-13-6-4-5-12(17)9-13/h4-6,9-10H,7-8H2,1-3H3,(H,18,20). The number of benzene rings is 1. The quantitative estimate of drug-likeness (QED) is 0.826. The monoisotopic (exact) mass is 322 g/mol. The third-order valence-corrected chi connectivity index (χ3v) is 3.33. The van der Waals surface area contributed by atoms with E-state index in [1.807, 2.05) is 26.0 Å². The number of ether oxygens (including phenoxy) is 1. The summed E-state index contributed by atoms with van der Waals surface area (Å²) in [7, 11) is 0. The molecule has 22 heavy (non-hydrogen) atoms. The first kappa shape index (κ1) is 16.4. The van der Waals surface area contributed by atoms with E-state index < -0.39 is 0 Å². The fraction of sp³-hybridized carbons (Fsp3) is 0.375. The summed E-state index contributed by atoms with van der Waals surface area (Å²) in [4.78, 5) is 12.2. The summed E-state index contributed by atoms with van der Waals surface area (Å²) in [6.45, 7) is 6.41. The zero-order valence-corrected chi connectivity index (χ0v) is 13.6. The van der Waals surface area contributed by atoms with Crippen molar-refractivity contribution in [3.8, 4) is 5.75 Å². The van der Waals surface area contributed by atoms with Gasteiger partial charge in [-0.05, 0) is 25.1 Å². The van der Waals surface area contributed by atoms with Crippen LogP contribution in [0.1, 0.15) is 41.6 Å². The van der Waals surface area contributed by atoms with Crippen LogP contribution in [0.4, 0.5) is 0 Å². The lowest BCUT2D eigenvalue weighted by molar-refractivity contribution is 0.0944. The molecule has 0 atom stereocenters. The number of nitrogens with zero attached hydrogens (tertiary/aromatic N) is 1. The summed E-state index contributed by atoms with van der Waals surface area (Å²) in [6, 6.07) is 7.13. The average molecular weight is 323 g/mol. The lowest BCUT2D eigenvalue weighted by atomic mass is 10.0. The molecule has 0 aliphatic rings. The Bertz CT molecular complexity index is 653. The maximum atomic E-state index is 12.2. The zero-order valence-electron chi connectivity index (χ0n) is 12.9. The number of rotatable bonds is 6. The van der Waals surface area contributed by atoms with Gasteiger partial charge in [0.05, 0.1) is 12.2 Å². The maximum absolute atomic E-state index is 12.2. The number of hydrogen-bond acceptors (Lipinski definition) is 4. The molecule has 1 N–H and O–H groups in total. The molecule has 0 unspecified atom stereocenters. The molecule has 6 heteroatoms. The van der Waals surface area contributed by atoms with E-state index in [4.69, 9.17) is 20.9 Å². The number of nitrogens with one attached hydrogen (secondary N) is 1. The van der Waals surface area contributed by atoms with Gasteiger partial charge in [0.15, 0.2) is 5.76 Å². The van der Waals surface area contributed by atoms with E-state index in [9.17, 15) is 4.79 Å². The number of halogens is 1. The fourth-order valence-electron chi connectivity index (χ4n) is 2.04. The lowest BCUT2D eigenvalue weighted by Gasteiger charge is -2.09. The van der Waals surface area contributed by atoms with E-state index in [0.717, 1.165) is 0 Å². The second-order valence-electron chi connectivity index (χ2n) is 5.22. The topological polar surface area (TPSA) is 64.4 Å². The molecular formula is C16H19ClN2O3. The van der Waals surface area contributed by atoms with E-state index in [1.54, 1.807) is 19.1 Å². The van der Waals surface area contributed by atoms with E-state index in [2.05, 4.69) is 10.5 Å². The Morgan fingerprint density at radius 1 is 1.45 bits per heavy atom. The summed E-state index contributed by atoms with van der Waals surface area (Å²) in [5.41, 5.74) is 1.11. The van der Waals surface area contributed by atoms with Crippen LogP contribution in [0.5, 0.6) is 5.75 Å². The Labute approximate surface area is 134 Å². The van der Waals surface area contributed by atoms with Gasteiger partial charge in [-0.15, -0.1) is 0 Å². The third kappa shape index (κ3) is 4.01. The van der Waals surface area contributed by atoms with Crippen molar-refractivity contribution >= 4 is 17.5 Å². The molecule has 1 amide bonds. The number of aromatic nitrogens is 1. The largest absolute Gasteiger partial charge is 0.492 e. The number of aryl methyl sites for hydroxylation is 1. The number of hydrogen-bond donors (Lipinski definition) is 1. The smallest absolute Gasteiger partial charge is 0.256 e. The molecule has 1 aromatic carbocycles. The maximum Gasteiger partial charge on any atom is 0.256 e. The van der Waals surface area contributed by atoms with Gasteiger partial charge in [0, 0.05) is 10.9 Å². The van der Waals surface area contributed by atoms with Crippen LogP contribution in [0.25, 0.3) is 0 Å². The van der Waals surface area contributed by atoms with Gasteiger partial charge in [0.2, 0.25) is 0 Å².